The van der Waals surface area contributed by atoms with E-state index in [1.54, 1.807) is 0 Å². The third-order valence-electron chi connectivity index (χ3n) is 11.0. The number of hydrogen-bond acceptors (Lipinski definition) is 6. The zero-order valence-corrected chi connectivity index (χ0v) is 30.9. The van der Waals surface area contributed by atoms with Crippen molar-refractivity contribution in [3.8, 4) is 50.9 Å². The van der Waals surface area contributed by atoms with Crippen LogP contribution in [0.4, 0.5) is 5.69 Å². The highest BCUT2D eigenvalue weighted by Crippen LogP contribution is 2.47. The van der Waals surface area contributed by atoms with Crippen LogP contribution in [0.2, 0.25) is 0 Å². The normalized spacial score (nSPS) is 14.7. The fraction of sp³-hybridized carbons (Fsp3) is 0.0588. The summed E-state index contributed by atoms with van der Waals surface area (Å²) in [4.78, 5) is 20.4. The first-order valence-electron chi connectivity index (χ1n) is 19.4. The SMILES string of the molecule is C1=CCCC(c2nc(-c3ccccc3)nc(-c3ccc(-c4nc5cc(-c6ccc7ccccc7c6)ccc5c5c6c(ccc45)OC(c4ccccc4)N6)cc3)n2)=C1. The number of allylic oxidation sites excluding steroid dienone is 4. The van der Waals surface area contributed by atoms with E-state index in [0.29, 0.717) is 17.5 Å². The molecule has 2 aromatic heterocycles. The van der Waals surface area contributed by atoms with Gasteiger partial charge in [-0.15, -0.1) is 0 Å². The lowest BCUT2D eigenvalue weighted by Gasteiger charge is -2.15. The number of nitrogens with zero attached hydrogens (tertiary/aromatic N) is 4. The number of pyridine rings is 1. The average molecular weight is 734 g/mol. The number of anilines is 1. The van der Waals surface area contributed by atoms with Crippen LogP contribution < -0.4 is 10.1 Å². The van der Waals surface area contributed by atoms with E-state index in [1.807, 2.05) is 48.5 Å². The van der Waals surface area contributed by atoms with Gasteiger partial charge in [-0.25, -0.2) is 19.9 Å². The van der Waals surface area contributed by atoms with Crippen LogP contribution in [0.5, 0.6) is 5.75 Å². The van der Waals surface area contributed by atoms with Crippen molar-refractivity contribution >= 4 is 43.7 Å². The van der Waals surface area contributed by atoms with E-state index < -0.39 is 0 Å². The lowest BCUT2D eigenvalue weighted by molar-refractivity contribution is 0.260. The van der Waals surface area contributed by atoms with Crippen LogP contribution >= 0.6 is 0 Å². The maximum atomic E-state index is 6.53. The molecule has 270 valence electrons. The molecule has 7 aromatic carbocycles. The molecule has 57 heavy (non-hydrogen) atoms. The lowest BCUT2D eigenvalue weighted by atomic mass is 9.95. The Balaban J connectivity index is 1.05. The van der Waals surface area contributed by atoms with Crippen LogP contribution in [-0.4, -0.2) is 19.9 Å². The minimum absolute atomic E-state index is 0.291. The van der Waals surface area contributed by atoms with E-state index in [-0.39, 0.29) is 6.23 Å². The second-order valence-corrected chi connectivity index (χ2v) is 14.6. The van der Waals surface area contributed by atoms with Gasteiger partial charge in [0, 0.05) is 38.4 Å². The zero-order valence-electron chi connectivity index (χ0n) is 30.9. The number of benzene rings is 7. The number of fused-ring (bicyclic) bond motifs is 6. The molecule has 0 fully saturated rings. The van der Waals surface area contributed by atoms with Crippen molar-refractivity contribution in [2.24, 2.45) is 0 Å². The van der Waals surface area contributed by atoms with Crippen LogP contribution in [0.3, 0.4) is 0 Å². The maximum Gasteiger partial charge on any atom is 0.196 e. The molecular formula is C51H35N5O. The molecule has 0 saturated heterocycles. The molecule has 11 rings (SSSR count). The van der Waals surface area contributed by atoms with Crippen LogP contribution in [0, 0.1) is 0 Å². The summed E-state index contributed by atoms with van der Waals surface area (Å²) in [7, 11) is 0. The van der Waals surface area contributed by atoms with E-state index >= 15 is 0 Å². The van der Waals surface area contributed by atoms with Gasteiger partial charge in [0.1, 0.15) is 5.75 Å². The van der Waals surface area contributed by atoms with Gasteiger partial charge >= 0.3 is 0 Å². The number of ether oxygens (including phenoxy) is 1. The molecule has 3 heterocycles. The number of rotatable bonds is 6. The Morgan fingerprint density at radius 1 is 0.526 bits per heavy atom. The molecule has 0 saturated carbocycles. The molecule has 6 nitrogen and oxygen atoms in total. The highest BCUT2D eigenvalue weighted by atomic mass is 16.5. The summed E-state index contributed by atoms with van der Waals surface area (Å²) in [6, 6.07) is 54.8. The maximum absolute atomic E-state index is 6.53. The standard InChI is InChI=1S/C51H35N5O/c1-4-13-34(14-5-1)48-54-49(35-15-6-2-7-16-35)56-50(55-48)36-23-21-33(22-24-36)46-42-28-29-44-47(53-51(57-44)37-17-8-3-9-18-37)45(42)41-27-26-40(31-43(41)52-46)39-25-20-32-12-10-11-19-38(32)30-39/h1-6,8-15,17-31,51,53H,7,16H2. The van der Waals surface area contributed by atoms with Gasteiger partial charge in [-0.1, -0.05) is 152 Å². The van der Waals surface area contributed by atoms with Crippen molar-refractivity contribution in [2.45, 2.75) is 19.1 Å². The molecule has 0 bridgehead atoms. The fourth-order valence-corrected chi connectivity index (χ4v) is 8.08. The van der Waals surface area contributed by atoms with Gasteiger partial charge in [0.2, 0.25) is 0 Å². The average Bonchev–Trinajstić information content (AvgIpc) is 3.74. The predicted molar refractivity (Wildman–Crippen MR) is 232 cm³/mol. The molecule has 0 radical (unpaired) electrons. The van der Waals surface area contributed by atoms with E-state index in [1.165, 1.54) is 10.8 Å². The van der Waals surface area contributed by atoms with Gasteiger partial charge in [-0.2, -0.15) is 0 Å². The van der Waals surface area contributed by atoms with Crippen molar-refractivity contribution in [3.05, 3.63) is 187 Å². The third-order valence-corrected chi connectivity index (χ3v) is 11.0. The van der Waals surface area contributed by atoms with Crippen molar-refractivity contribution < 1.29 is 4.74 Å². The van der Waals surface area contributed by atoms with Crippen molar-refractivity contribution in [1.82, 2.24) is 19.9 Å². The van der Waals surface area contributed by atoms with Crippen molar-refractivity contribution in [2.75, 3.05) is 5.32 Å². The third kappa shape index (κ3) is 5.99. The van der Waals surface area contributed by atoms with Gasteiger partial charge in [0.15, 0.2) is 23.7 Å². The topological polar surface area (TPSA) is 72.8 Å². The van der Waals surface area contributed by atoms with Crippen LogP contribution in [0.25, 0.3) is 83.2 Å². The molecule has 2 aliphatic rings. The lowest BCUT2D eigenvalue weighted by Crippen LogP contribution is -2.09. The number of nitrogens with one attached hydrogen (secondary N) is 1. The molecule has 1 N–H and O–H groups in total. The van der Waals surface area contributed by atoms with Crippen molar-refractivity contribution in [3.63, 3.8) is 0 Å². The molecule has 9 aromatic rings. The smallest absolute Gasteiger partial charge is 0.196 e. The van der Waals surface area contributed by atoms with E-state index in [9.17, 15) is 0 Å². The van der Waals surface area contributed by atoms with E-state index in [4.69, 9.17) is 24.7 Å². The molecular weight excluding hydrogens is 699 g/mol. The predicted octanol–water partition coefficient (Wildman–Crippen LogP) is 12.6. The minimum Gasteiger partial charge on any atom is -0.464 e. The Morgan fingerprint density at radius 3 is 1.96 bits per heavy atom. The highest BCUT2D eigenvalue weighted by molar-refractivity contribution is 6.18. The monoisotopic (exact) mass is 733 g/mol. The Morgan fingerprint density at radius 2 is 1.18 bits per heavy atom. The largest absolute Gasteiger partial charge is 0.464 e. The van der Waals surface area contributed by atoms with Gasteiger partial charge in [-0.05, 0) is 64.6 Å². The summed E-state index contributed by atoms with van der Waals surface area (Å²) in [5.41, 5.74) is 10.1. The molecule has 0 amide bonds. The van der Waals surface area contributed by atoms with Crippen LogP contribution in [-0.2, 0) is 0 Å². The van der Waals surface area contributed by atoms with Gasteiger partial charge in [0.05, 0.1) is 16.9 Å². The van der Waals surface area contributed by atoms with Crippen molar-refractivity contribution in [1.29, 1.82) is 0 Å². The second kappa shape index (κ2) is 13.7. The highest BCUT2D eigenvalue weighted by Gasteiger charge is 2.27. The Hall–Kier alpha value is -7.44. The first-order valence-corrected chi connectivity index (χ1v) is 19.4. The van der Waals surface area contributed by atoms with Crippen LogP contribution in [0.1, 0.15) is 30.5 Å². The number of aromatic nitrogens is 4. The zero-order chi connectivity index (χ0) is 37.7. The first kappa shape index (κ1) is 32.9. The number of hydrogen-bond donors (Lipinski definition) is 1. The molecule has 6 heteroatoms. The van der Waals surface area contributed by atoms with Gasteiger partial charge < -0.3 is 10.1 Å². The van der Waals surface area contributed by atoms with Crippen LogP contribution in [0.15, 0.2) is 176 Å². The second-order valence-electron chi connectivity index (χ2n) is 14.6. The molecule has 1 aliphatic heterocycles. The molecule has 0 spiro atoms. The fourth-order valence-electron chi connectivity index (χ4n) is 8.08. The molecule has 1 aliphatic carbocycles. The quantitative estimate of drug-likeness (QED) is 0.172. The summed E-state index contributed by atoms with van der Waals surface area (Å²) in [5, 5.41) is 9.36. The summed E-state index contributed by atoms with van der Waals surface area (Å²) < 4.78 is 6.53. The summed E-state index contributed by atoms with van der Waals surface area (Å²) in [6.07, 6.45) is 7.95. The molecule has 1 atom stereocenters. The van der Waals surface area contributed by atoms with Gasteiger partial charge in [-0.3, -0.25) is 0 Å². The molecule has 1 unspecified atom stereocenters. The Labute approximate surface area is 329 Å². The summed E-state index contributed by atoms with van der Waals surface area (Å²) in [6.45, 7) is 0. The minimum atomic E-state index is -0.291. The van der Waals surface area contributed by atoms with E-state index in [2.05, 4.69) is 133 Å². The van der Waals surface area contributed by atoms with E-state index in [0.717, 1.165) is 90.6 Å². The Bertz CT molecular complexity index is 3070. The Kier molecular flexibility index (Phi) is 7.91. The first-order chi connectivity index (χ1) is 28.2. The summed E-state index contributed by atoms with van der Waals surface area (Å²) >= 11 is 0. The summed E-state index contributed by atoms with van der Waals surface area (Å²) in [5.74, 6) is 2.85. The van der Waals surface area contributed by atoms with Gasteiger partial charge in [0.25, 0.3) is 0 Å².